The van der Waals surface area contributed by atoms with Gasteiger partial charge in [0, 0.05) is 5.56 Å². The van der Waals surface area contributed by atoms with Gasteiger partial charge in [0.2, 0.25) is 5.88 Å². The number of nitriles is 1. The molecular formula is C26H22N4O3. The number of nitrogen functional groups attached to an aromatic ring is 1. The number of rotatable bonds is 5. The number of furan rings is 1. The highest BCUT2D eigenvalue weighted by Crippen LogP contribution is 2.41. The minimum atomic E-state index is 0.289. The van der Waals surface area contributed by atoms with E-state index in [9.17, 15) is 5.26 Å². The summed E-state index contributed by atoms with van der Waals surface area (Å²) in [5, 5.41) is 11.2. The van der Waals surface area contributed by atoms with Crippen molar-refractivity contribution in [3.05, 3.63) is 77.0 Å². The van der Waals surface area contributed by atoms with Gasteiger partial charge in [-0.1, -0.05) is 36.4 Å². The van der Waals surface area contributed by atoms with Crippen LogP contribution in [0.15, 0.2) is 59.2 Å². The zero-order valence-electron chi connectivity index (χ0n) is 18.5. The molecule has 0 unspecified atom stereocenters. The van der Waals surface area contributed by atoms with Crippen LogP contribution < -0.4 is 15.2 Å². The Kier molecular flexibility index (Phi) is 4.91. The predicted molar refractivity (Wildman–Crippen MR) is 127 cm³/mol. The van der Waals surface area contributed by atoms with Crippen molar-refractivity contribution in [1.29, 1.82) is 5.26 Å². The summed E-state index contributed by atoms with van der Waals surface area (Å²) in [5.74, 6) is 1.42. The van der Waals surface area contributed by atoms with Crippen LogP contribution in [-0.4, -0.2) is 16.7 Å². The van der Waals surface area contributed by atoms with E-state index in [2.05, 4.69) is 6.07 Å². The molecule has 7 nitrogen and oxygen atoms in total. The van der Waals surface area contributed by atoms with Crippen molar-refractivity contribution in [3.8, 4) is 23.4 Å². The maximum atomic E-state index is 9.97. The number of hydrogen-bond acceptors (Lipinski definition) is 6. The Balaban J connectivity index is 1.80. The molecule has 0 fully saturated rings. The summed E-state index contributed by atoms with van der Waals surface area (Å²) >= 11 is 0. The smallest absolute Gasteiger partial charge is 0.227 e. The lowest BCUT2D eigenvalue weighted by Crippen LogP contribution is -2.07. The molecular weight excluding hydrogens is 416 g/mol. The monoisotopic (exact) mass is 438 g/mol. The first-order chi connectivity index (χ1) is 16.0. The third-order valence-corrected chi connectivity index (χ3v) is 5.87. The maximum absolute atomic E-state index is 9.97. The Morgan fingerprint density at radius 3 is 2.64 bits per heavy atom. The average molecular weight is 438 g/mol. The topological polar surface area (TPSA) is 99.2 Å². The Hall–Kier alpha value is -4.44. The van der Waals surface area contributed by atoms with Gasteiger partial charge < -0.3 is 19.6 Å². The van der Waals surface area contributed by atoms with E-state index in [1.807, 2.05) is 56.3 Å². The molecule has 0 amide bonds. The number of ether oxygens (including phenoxy) is 2. The van der Waals surface area contributed by atoms with Crippen LogP contribution in [0.5, 0.6) is 11.6 Å². The van der Waals surface area contributed by atoms with Gasteiger partial charge in [-0.25, -0.2) is 0 Å². The fourth-order valence-electron chi connectivity index (χ4n) is 4.28. The number of fused-ring (bicyclic) bond motifs is 3. The Morgan fingerprint density at radius 2 is 1.91 bits per heavy atom. The van der Waals surface area contributed by atoms with Crippen LogP contribution in [0.3, 0.4) is 0 Å². The number of nitrogens with zero attached hydrogens (tertiary/aromatic N) is 3. The van der Waals surface area contributed by atoms with Crippen LogP contribution in [0, 0.1) is 25.2 Å². The molecule has 0 saturated heterocycles. The van der Waals surface area contributed by atoms with E-state index in [1.54, 1.807) is 24.0 Å². The highest BCUT2D eigenvalue weighted by Gasteiger charge is 2.26. The lowest BCUT2D eigenvalue weighted by Gasteiger charge is -2.17. The zero-order chi connectivity index (χ0) is 23.1. The van der Waals surface area contributed by atoms with Crippen LogP contribution >= 0.6 is 0 Å². The normalized spacial score (nSPS) is 11.1. The van der Waals surface area contributed by atoms with Crippen molar-refractivity contribution in [2.45, 2.75) is 20.5 Å². The highest BCUT2D eigenvalue weighted by atomic mass is 16.5. The van der Waals surface area contributed by atoms with Crippen molar-refractivity contribution in [2.24, 2.45) is 0 Å². The number of pyridine rings is 1. The second-order valence-electron chi connectivity index (χ2n) is 7.82. The van der Waals surface area contributed by atoms with E-state index in [-0.39, 0.29) is 5.82 Å². The van der Waals surface area contributed by atoms with Crippen molar-refractivity contribution < 1.29 is 13.9 Å². The Morgan fingerprint density at radius 1 is 1.12 bits per heavy atom. The van der Waals surface area contributed by atoms with Crippen LogP contribution in [0.2, 0.25) is 0 Å². The van der Waals surface area contributed by atoms with Crippen molar-refractivity contribution in [3.63, 3.8) is 0 Å². The molecule has 0 radical (unpaired) electrons. The molecule has 0 saturated carbocycles. The molecule has 0 aliphatic carbocycles. The molecule has 0 aliphatic rings. The molecule has 2 N–H and O–H groups in total. The SMILES string of the molecule is COc1ccc(C)c(-n2c(N)c(C#N)c3c4occc4c(OCc4ccccc4)nc32)c1C. The predicted octanol–water partition coefficient (Wildman–Crippen LogP) is 5.43. The van der Waals surface area contributed by atoms with Gasteiger partial charge in [0.25, 0.3) is 0 Å². The molecule has 0 bridgehead atoms. The van der Waals surface area contributed by atoms with Crippen LogP contribution in [0.4, 0.5) is 5.82 Å². The summed E-state index contributed by atoms with van der Waals surface area (Å²) in [6.45, 7) is 4.28. The number of benzene rings is 2. The van der Waals surface area contributed by atoms with Gasteiger partial charge >= 0.3 is 0 Å². The minimum Gasteiger partial charge on any atom is -0.496 e. The van der Waals surface area contributed by atoms with E-state index in [0.29, 0.717) is 40.1 Å². The van der Waals surface area contributed by atoms with Crippen LogP contribution in [-0.2, 0) is 6.61 Å². The number of anilines is 1. The summed E-state index contributed by atoms with van der Waals surface area (Å²) in [6, 6.07) is 17.7. The third-order valence-electron chi connectivity index (χ3n) is 5.87. The first-order valence-corrected chi connectivity index (χ1v) is 10.5. The molecule has 5 aromatic rings. The Labute approximate surface area is 190 Å². The Bertz CT molecular complexity index is 1540. The lowest BCUT2D eigenvalue weighted by atomic mass is 10.1. The van der Waals surface area contributed by atoms with Gasteiger partial charge in [-0.3, -0.25) is 4.57 Å². The first kappa shape index (κ1) is 20.5. The van der Waals surface area contributed by atoms with E-state index >= 15 is 0 Å². The maximum Gasteiger partial charge on any atom is 0.227 e. The fraction of sp³-hybridized carbons (Fsp3) is 0.154. The molecule has 33 heavy (non-hydrogen) atoms. The van der Waals surface area contributed by atoms with Gasteiger partial charge in [0.15, 0.2) is 11.2 Å². The summed E-state index contributed by atoms with van der Waals surface area (Å²) in [4.78, 5) is 4.84. The molecule has 0 aliphatic heterocycles. The van der Waals surface area contributed by atoms with E-state index in [1.165, 1.54) is 0 Å². The van der Waals surface area contributed by atoms with Crippen molar-refractivity contribution in [2.75, 3.05) is 12.8 Å². The van der Waals surface area contributed by atoms with E-state index < -0.39 is 0 Å². The molecule has 7 heteroatoms. The third kappa shape index (κ3) is 3.15. The van der Waals surface area contributed by atoms with Crippen molar-refractivity contribution >= 4 is 27.8 Å². The highest BCUT2D eigenvalue weighted by molar-refractivity contribution is 6.09. The molecule has 3 heterocycles. The number of hydrogen-bond donors (Lipinski definition) is 1. The molecule has 0 spiro atoms. The molecule has 164 valence electrons. The van der Waals surface area contributed by atoms with Gasteiger partial charge in [0.1, 0.15) is 29.8 Å². The number of aromatic nitrogens is 2. The second kappa shape index (κ2) is 7.92. The summed E-state index contributed by atoms with van der Waals surface area (Å²) in [6.07, 6.45) is 1.57. The molecule has 5 rings (SSSR count). The zero-order valence-corrected chi connectivity index (χ0v) is 18.5. The standard InChI is InChI=1S/C26H22N4O3/c1-15-9-10-20(31-3)16(2)22(15)30-24(28)19(13-27)21-23-18(11-12-32-23)26(29-25(21)30)33-14-17-7-5-4-6-8-17/h4-12H,14,28H2,1-3H3. The number of aryl methyl sites for hydroxylation is 1. The summed E-state index contributed by atoms with van der Waals surface area (Å²) in [5.41, 5.74) is 11.5. The minimum absolute atomic E-state index is 0.289. The molecule has 3 aromatic heterocycles. The molecule has 0 atom stereocenters. The number of methoxy groups -OCH3 is 1. The van der Waals surface area contributed by atoms with Gasteiger partial charge in [-0.05, 0) is 37.1 Å². The largest absolute Gasteiger partial charge is 0.496 e. The van der Waals surface area contributed by atoms with Crippen LogP contribution in [0.25, 0.3) is 27.7 Å². The van der Waals surface area contributed by atoms with Crippen molar-refractivity contribution in [1.82, 2.24) is 9.55 Å². The van der Waals surface area contributed by atoms with Gasteiger partial charge in [0.05, 0.1) is 29.8 Å². The van der Waals surface area contributed by atoms with Gasteiger partial charge in [-0.2, -0.15) is 10.2 Å². The lowest BCUT2D eigenvalue weighted by molar-refractivity contribution is 0.299. The van der Waals surface area contributed by atoms with Crippen LogP contribution in [0.1, 0.15) is 22.3 Å². The fourth-order valence-corrected chi connectivity index (χ4v) is 4.28. The second-order valence-corrected chi connectivity index (χ2v) is 7.82. The average Bonchev–Trinajstić information content (AvgIpc) is 3.41. The summed E-state index contributed by atoms with van der Waals surface area (Å²) < 4.78 is 19.3. The van der Waals surface area contributed by atoms with E-state index in [4.69, 9.17) is 24.6 Å². The molecule has 2 aromatic carbocycles. The first-order valence-electron chi connectivity index (χ1n) is 10.5. The van der Waals surface area contributed by atoms with E-state index in [0.717, 1.165) is 28.1 Å². The quantitative estimate of drug-likeness (QED) is 0.393. The summed E-state index contributed by atoms with van der Waals surface area (Å²) in [7, 11) is 1.62. The van der Waals surface area contributed by atoms with Gasteiger partial charge in [-0.15, -0.1) is 0 Å². The number of nitrogens with two attached hydrogens (primary N) is 1.